The van der Waals surface area contributed by atoms with E-state index in [0.717, 1.165) is 29.2 Å². The van der Waals surface area contributed by atoms with Crippen molar-refractivity contribution in [3.05, 3.63) is 50.2 Å². The fourth-order valence-electron chi connectivity index (χ4n) is 2.62. The molecule has 1 aromatic carbocycles. The van der Waals surface area contributed by atoms with E-state index in [0.29, 0.717) is 5.56 Å². The lowest BCUT2D eigenvalue weighted by atomic mass is 9.94. The molecule has 1 unspecified atom stereocenters. The third-order valence-corrected chi connectivity index (χ3v) is 5.00. The molecule has 1 N–H and O–H groups in total. The van der Waals surface area contributed by atoms with Crippen LogP contribution < -0.4 is 5.32 Å². The van der Waals surface area contributed by atoms with Crippen LogP contribution in [0.5, 0.6) is 0 Å². The summed E-state index contributed by atoms with van der Waals surface area (Å²) >= 11 is 7.63. The van der Waals surface area contributed by atoms with Crippen LogP contribution in [0.2, 0.25) is 4.34 Å². The first kappa shape index (κ1) is 13.8. The molecule has 5 heteroatoms. The SMILES string of the molecule is Cc1cc(F)c(NC2CCCc3sc(Cl)cc32)cc1F. The number of nitrogens with one attached hydrogen (secondary N) is 1. The Labute approximate surface area is 125 Å². The first-order valence-corrected chi connectivity index (χ1v) is 7.74. The monoisotopic (exact) mass is 313 g/mol. The van der Waals surface area contributed by atoms with E-state index in [1.54, 1.807) is 18.3 Å². The Bertz CT molecular complexity index is 654. The maximum atomic E-state index is 13.9. The molecule has 1 aliphatic rings. The van der Waals surface area contributed by atoms with E-state index in [9.17, 15) is 8.78 Å². The minimum atomic E-state index is -0.419. The molecule has 0 saturated heterocycles. The van der Waals surface area contributed by atoms with Crippen LogP contribution in [0.15, 0.2) is 18.2 Å². The molecule has 0 spiro atoms. The van der Waals surface area contributed by atoms with Crippen LogP contribution in [0.4, 0.5) is 14.5 Å². The van der Waals surface area contributed by atoms with Gasteiger partial charge in [-0.05, 0) is 49.4 Å². The van der Waals surface area contributed by atoms with Crippen LogP contribution in [0.25, 0.3) is 0 Å². The first-order chi connectivity index (χ1) is 9.54. The van der Waals surface area contributed by atoms with Crippen molar-refractivity contribution >= 4 is 28.6 Å². The molecule has 106 valence electrons. The number of anilines is 1. The van der Waals surface area contributed by atoms with Crippen molar-refractivity contribution in [2.24, 2.45) is 0 Å². The number of benzene rings is 1. The van der Waals surface area contributed by atoms with Gasteiger partial charge in [-0.25, -0.2) is 8.78 Å². The predicted octanol–water partition coefficient (Wildman–Crippen LogP) is 5.48. The molecule has 20 heavy (non-hydrogen) atoms. The first-order valence-electron chi connectivity index (χ1n) is 6.55. The maximum absolute atomic E-state index is 13.9. The normalized spacial score (nSPS) is 17.9. The average Bonchev–Trinajstić information content (AvgIpc) is 2.77. The zero-order chi connectivity index (χ0) is 14.3. The lowest BCUT2D eigenvalue weighted by Crippen LogP contribution is -2.16. The fourth-order valence-corrected chi connectivity index (χ4v) is 4.00. The average molecular weight is 314 g/mol. The van der Waals surface area contributed by atoms with Crippen molar-refractivity contribution in [1.29, 1.82) is 0 Å². The molecule has 1 atom stereocenters. The van der Waals surface area contributed by atoms with Crippen molar-refractivity contribution in [3.8, 4) is 0 Å². The van der Waals surface area contributed by atoms with Crippen molar-refractivity contribution in [1.82, 2.24) is 0 Å². The number of aryl methyl sites for hydroxylation is 2. The maximum Gasteiger partial charge on any atom is 0.146 e. The minimum absolute atomic E-state index is 0.000828. The summed E-state index contributed by atoms with van der Waals surface area (Å²) in [6.45, 7) is 1.56. The quantitative estimate of drug-likeness (QED) is 0.774. The standard InChI is InChI=1S/C15H14ClF2NS/c1-8-5-11(18)13(7-10(8)17)19-12-3-2-4-14-9(12)6-15(16)20-14/h5-7,12,19H,2-4H2,1H3. The minimum Gasteiger partial charge on any atom is -0.376 e. The van der Waals surface area contributed by atoms with Crippen molar-refractivity contribution in [2.75, 3.05) is 5.32 Å². The smallest absolute Gasteiger partial charge is 0.146 e. The van der Waals surface area contributed by atoms with Gasteiger partial charge >= 0.3 is 0 Å². The highest BCUT2D eigenvalue weighted by atomic mass is 35.5. The zero-order valence-electron chi connectivity index (χ0n) is 11.0. The summed E-state index contributed by atoms with van der Waals surface area (Å²) in [5.41, 5.74) is 1.65. The van der Waals surface area contributed by atoms with Gasteiger partial charge in [0.15, 0.2) is 0 Å². The lowest BCUT2D eigenvalue weighted by molar-refractivity contribution is 0.578. The Morgan fingerprint density at radius 1 is 1.25 bits per heavy atom. The summed E-state index contributed by atoms with van der Waals surface area (Å²) in [6, 6.07) is 4.38. The van der Waals surface area contributed by atoms with Gasteiger partial charge in [-0.2, -0.15) is 0 Å². The Morgan fingerprint density at radius 3 is 2.85 bits per heavy atom. The highest BCUT2D eigenvalue weighted by Crippen LogP contribution is 2.39. The number of fused-ring (bicyclic) bond motifs is 1. The van der Waals surface area contributed by atoms with E-state index in [1.807, 2.05) is 6.07 Å². The second kappa shape index (κ2) is 5.34. The predicted molar refractivity (Wildman–Crippen MR) is 79.7 cm³/mol. The molecule has 0 saturated carbocycles. The third-order valence-electron chi connectivity index (χ3n) is 3.66. The van der Waals surface area contributed by atoms with E-state index in [1.165, 1.54) is 17.0 Å². The van der Waals surface area contributed by atoms with Crippen LogP contribution in [0.3, 0.4) is 0 Å². The summed E-state index contributed by atoms with van der Waals surface area (Å²) in [5.74, 6) is -0.814. The van der Waals surface area contributed by atoms with Crippen LogP contribution in [-0.2, 0) is 6.42 Å². The molecular formula is C15H14ClF2NS. The second-order valence-corrected chi connectivity index (χ2v) is 6.87. The molecular weight excluding hydrogens is 300 g/mol. The van der Waals surface area contributed by atoms with Gasteiger partial charge in [-0.1, -0.05) is 11.6 Å². The molecule has 1 aliphatic carbocycles. The van der Waals surface area contributed by atoms with E-state index in [4.69, 9.17) is 11.6 Å². The summed E-state index contributed by atoms with van der Waals surface area (Å²) in [5, 5.41) is 3.12. The Morgan fingerprint density at radius 2 is 2.05 bits per heavy atom. The van der Waals surface area contributed by atoms with Crippen LogP contribution >= 0.6 is 22.9 Å². The number of thiophene rings is 1. The van der Waals surface area contributed by atoms with Gasteiger partial charge < -0.3 is 5.32 Å². The van der Waals surface area contributed by atoms with E-state index in [-0.39, 0.29) is 11.7 Å². The third kappa shape index (κ3) is 2.54. The van der Waals surface area contributed by atoms with E-state index < -0.39 is 11.6 Å². The molecule has 1 heterocycles. The Balaban J connectivity index is 1.91. The van der Waals surface area contributed by atoms with Gasteiger partial charge in [-0.3, -0.25) is 0 Å². The van der Waals surface area contributed by atoms with Gasteiger partial charge in [0.1, 0.15) is 11.6 Å². The van der Waals surface area contributed by atoms with Gasteiger partial charge in [0, 0.05) is 10.9 Å². The van der Waals surface area contributed by atoms with Crippen molar-refractivity contribution in [2.45, 2.75) is 32.2 Å². The number of hydrogen-bond acceptors (Lipinski definition) is 2. The Kier molecular flexibility index (Phi) is 3.69. The number of halogens is 3. The molecule has 2 aromatic rings. The Hall–Kier alpha value is -1.13. The largest absolute Gasteiger partial charge is 0.376 e. The molecule has 3 rings (SSSR count). The molecule has 1 nitrogen and oxygen atoms in total. The molecule has 0 fully saturated rings. The zero-order valence-corrected chi connectivity index (χ0v) is 12.5. The topological polar surface area (TPSA) is 12.0 Å². The molecule has 1 aromatic heterocycles. The molecule has 0 bridgehead atoms. The van der Waals surface area contributed by atoms with Gasteiger partial charge in [-0.15, -0.1) is 11.3 Å². The van der Waals surface area contributed by atoms with E-state index >= 15 is 0 Å². The van der Waals surface area contributed by atoms with Crippen LogP contribution in [0.1, 0.15) is 34.9 Å². The number of hydrogen-bond donors (Lipinski definition) is 1. The summed E-state index contributed by atoms with van der Waals surface area (Å²) in [6.07, 6.45) is 2.93. The summed E-state index contributed by atoms with van der Waals surface area (Å²) in [4.78, 5) is 1.24. The fraction of sp³-hybridized carbons (Fsp3) is 0.333. The summed E-state index contributed by atoms with van der Waals surface area (Å²) in [7, 11) is 0. The van der Waals surface area contributed by atoms with E-state index in [2.05, 4.69) is 5.32 Å². The number of rotatable bonds is 2. The van der Waals surface area contributed by atoms with Crippen LogP contribution in [0, 0.1) is 18.6 Å². The second-order valence-electron chi connectivity index (χ2n) is 5.10. The highest BCUT2D eigenvalue weighted by molar-refractivity contribution is 7.16. The van der Waals surface area contributed by atoms with Gasteiger partial charge in [0.05, 0.1) is 16.1 Å². The lowest BCUT2D eigenvalue weighted by Gasteiger charge is -2.25. The van der Waals surface area contributed by atoms with Gasteiger partial charge in [0.2, 0.25) is 0 Å². The van der Waals surface area contributed by atoms with Crippen molar-refractivity contribution in [3.63, 3.8) is 0 Å². The van der Waals surface area contributed by atoms with Gasteiger partial charge in [0.25, 0.3) is 0 Å². The molecule has 0 radical (unpaired) electrons. The van der Waals surface area contributed by atoms with Crippen molar-refractivity contribution < 1.29 is 8.78 Å². The van der Waals surface area contributed by atoms with Crippen LogP contribution in [-0.4, -0.2) is 0 Å². The summed E-state index contributed by atoms with van der Waals surface area (Å²) < 4.78 is 28.3. The highest BCUT2D eigenvalue weighted by Gasteiger charge is 2.23. The molecule has 0 aliphatic heterocycles. The molecule has 0 amide bonds.